The van der Waals surface area contributed by atoms with Gasteiger partial charge < -0.3 is 25.2 Å². The molecule has 31 heavy (non-hydrogen) atoms. The van der Waals surface area contributed by atoms with E-state index in [1.54, 1.807) is 59.8 Å². The van der Waals surface area contributed by atoms with Crippen LogP contribution in [0.2, 0.25) is 0 Å². The molecule has 8 atom stereocenters. The van der Waals surface area contributed by atoms with E-state index in [4.69, 9.17) is 4.74 Å². The molecule has 0 saturated heterocycles. The van der Waals surface area contributed by atoms with E-state index < -0.39 is 58.3 Å². The SMILES string of the molecule is C/C=C(\C)C(=O)O[C@@]1(C)[C@H](O)[C@@H](C)[C@@]2(O)[C@@H](C=C(CO)C[C@]3(O)C(=O)C(C)=C[C@@H]23)[C@@H]1C. The highest BCUT2D eigenvalue weighted by atomic mass is 16.6. The summed E-state index contributed by atoms with van der Waals surface area (Å²) in [6.07, 6.45) is 3.53. The number of Topliss-reactive ketones (excluding diaryl/α,β-unsaturated/α-hetero) is 1. The second kappa shape index (κ2) is 7.66. The van der Waals surface area contributed by atoms with Gasteiger partial charge in [0.1, 0.15) is 11.2 Å². The number of aliphatic hydroxyl groups is 4. The monoisotopic (exact) mass is 434 g/mol. The lowest BCUT2D eigenvalue weighted by molar-refractivity contribution is -0.259. The highest BCUT2D eigenvalue weighted by molar-refractivity contribution is 6.04. The summed E-state index contributed by atoms with van der Waals surface area (Å²) in [5.74, 6) is -4.13. The molecule has 172 valence electrons. The van der Waals surface area contributed by atoms with E-state index >= 15 is 0 Å². The third-order valence-electron chi connectivity index (χ3n) is 8.13. The predicted octanol–water partition coefficient (Wildman–Crippen LogP) is 1.45. The first-order valence-electron chi connectivity index (χ1n) is 10.8. The molecule has 1 saturated carbocycles. The molecule has 0 aromatic heterocycles. The Bertz CT molecular complexity index is 886. The van der Waals surface area contributed by atoms with E-state index in [-0.39, 0.29) is 13.0 Å². The molecule has 0 aromatic carbocycles. The molecule has 7 heteroatoms. The molecule has 3 aliphatic carbocycles. The molecule has 0 radical (unpaired) electrons. The molecule has 3 aliphatic rings. The molecule has 0 spiro atoms. The molecule has 0 unspecified atom stereocenters. The van der Waals surface area contributed by atoms with Crippen molar-refractivity contribution in [2.24, 2.45) is 23.7 Å². The van der Waals surface area contributed by atoms with Crippen molar-refractivity contribution in [1.29, 1.82) is 0 Å². The third kappa shape index (κ3) is 3.17. The van der Waals surface area contributed by atoms with Crippen LogP contribution >= 0.6 is 0 Å². The maximum atomic E-state index is 12.9. The second-order valence-corrected chi connectivity index (χ2v) is 9.72. The minimum atomic E-state index is -1.90. The molecule has 1 fully saturated rings. The summed E-state index contributed by atoms with van der Waals surface area (Å²) in [4.78, 5) is 25.4. The lowest BCUT2D eigenvalue weighted by atomic mass is 9.52. The smallest absolute Gasteiger partial charge is 0.334 e. The van der Waals surface area contributed by atoms with E-state index in [0.717, 1.165) is 0 Å². The van der Waals surface area contributed by atoms with E-state index in [9.17, 15) is 30.0 Å². The zero-order chi connectivity index (χ0) is 23.5. The van der Waals surface area contributed by atoms with Crippen LogP contribution in [0.1, 0.15) is 48.0 Å². The van der Waals surface area contributed by atoms with Crippen molar-refractivity contribution in [2.75, 3.05) is 6.61 Å². The van der Waals surface area contributed by atoms with Crippen LogP contribution in [0, 0.1) is 23.7 Å². The largest absolute Gasteiger partial charge is 0.453 e. The number of rotatable bonds is 3. The standard InChI is InChI=1S/C24H34O7/c1-7-12(2)21(28)31-22(6)14(4)17-9-16(11-25)10-23(29)18(8-13(3)19(23)26)24(17,30)15(5)20(22)27/h7-9,14-15,17-18,20,25,27,29-30H,10-11H2,1-6H3/b12-7+/t14-,15+,17-,18+,20+,22+,23+,24+/m0/s1. The fourth-order valence-electron chi connectivity index (χ4n) is 5.82. The van der Waals surface area contributed by atoms with Crippen molar-refractivity contribution in [1.82, 2.24) is 0 Å². The van der Waals surface area contributed by atoms with Crippen LogP contribution in [-0.4, -0.2) is 61.7 Å². The fourth-order valence-corrected chi connectivity index (χ4v) is 5.82. The summed E-state index contributed by atoms with van der Waals surface area (Å²) < 4.78 is 5.80. The zero-order valence-electron chi connectivity index (χ0n) is 19.0. The number of allylic oxidation sites excluding steroid dienone is 1. The van der Waals surface area contributed by atoms with Gasteiger partial charge in [0.25, 0.3) is 0 Å². The summed E-state index contributed by atoms with van der Waals surface area (Å²) in [7, 11) is 0. The van der Waals surface area contributed by atoms with E-state index in [1.165, 1.54) is 0 Å². The zero-order valence-corrected chi connectivity index (χ0v) is 19.0. The minimum Gasteiger partial charge on any atom is -0.453 e. The number of hydrogen-bond acceptors (Lipinski definition) is 7. The lowest BCUT2D eigenvalue weighted by Crippen LogP contribution is -2.71. The number of esters is 1. The van der Waals surface area contributed by atoms with Crippen molar-refractivity contribution in [2.45, 2.75) is 70.9 Å². The number of aliphatic hydroxyl groups excluding tert-OH is 2. The van der Waals surface area contributed by atoms with Crippen LogP contribution in [0.15, 0.2) is 34.9 Å². The van der Waals surface area contributed by atoms with Gasteiger partial charge in [-0.3, -0.25) is 4.79 Å². The summed E-state index contributed by atoms with van der Waals surface area (Å²) >= 11 is 0. The van der Waals surface area contributed by atoms with Crippen LogP contribution < -0.4 is 0 Å². The number of carbonyl (C=O) groups is 2. The molecule has 7 nitrogen and oxygen atoms in total. The molecule has 0 amide bonds. The van der Waals surface area contributed by atoms with Crippen molar-refractivity contribution >= 4 is 11.8 Å². The Balaban J connectivity index is 2.17. The number of fused-ring (bicyclic) bond motifs is 3. The molecule has 4 N–H and O–H groups in total. The van der Waals surface area contributed by atoms with Crippen LogP contribution in [0.25, 0.3) is 0 Å². The highest BCUT2D eigenvalue weighted by Gasteiger charge is 2.69. The predicted molar refractivity (Wildman–Crippen MR) is 114 cm³/mol. The Morgan fingerprint density at radius 1 is 1.26 bits per heavy atom. The van der Waals surface area contributed by atoms with E-state index in [1.807, 2.05) is 0 Å². The molecular formula is C24H34O7. The van der Waals surface area contributed by atoms with Crippen molar-refractivity contribution in [3.8, 4) is 0 Å². The van der Waals surface area contributed by atoms with Gasteiger partial charge in [-0.2, -0.15) is 0 Å². The Morgan fingerprint density at radius 3 is 2.42 bits per heavy atom. The number of carbonyl (C=O) groups excluding carboxylic acids is 2. The average Bonchev–Trinajstić information content (AvgIpc) is 2.90. The van der Waals surface area contributed by atoms with Gasteiger partial charge in [0.2, 0.25) is 0 Å². The van der Waals surface area contributed by atoms with Crippen molar-refractivity contribution in [3.05, 3.63) is 34.9 Å². The summed E-state index contributed by atoms with van der Waals surface area (Å²) in [5, 5.41) is 44.8. The van der Waals surface area contributed by atoms with E-state index in [2.05, 4.69) is 0 Å². The number of ether oxygens (including phenoxy) is 1. The van der Waals surface area contributed by atoms with Crippen LogP contribution in [0.5, 0.6) is 0 Å². The topological polar surface area (TPSA) is 124 Å². The summed E-state index contributed by atoms with van der Waals surface area (Å²) in [6.45, 7) is 9.60. The van der Waals surface area contributed by atoms with Crippen molar-refractivity contribution < 1.29 is 34.8 Å². The Labute approximate surface area is 183 Å². The highest BCUT2D eigenvalue weighted by Crippen LogP contribution is 2.58. The van der Waals surface area contributed by atoms with Gasteiger partial charge >= 0.3 is 5.97 Å². The van der Waals surface area contributed by atoms with Gasteiger partial charge in [-0.15, -0.1) is 0 Å². The van der Waals surface area contributed by atoms with Gasteiger partial charge in [-0.05, 0) is 38.8 Å². The number of hydrogen-bond donors (Lipinski definition) is 4. The van der Waals surface area contributed by atoms with E-state index in [0.29, 0.717) is 16.7 Å². The summed E-state index contributed by atoms with van der Waals surface area (Å²) in [5.41, 5.74) is -3.76. The molecule has 3 rings (SSSR count). The summed E-state index contributed by atoms with van der Waals surface area (Å²) in [6, 6.07) is 0. The van der Waals surface area contributed by atoms with Crippen molar-refractivity contribution in [3.63, 3.8) is 0 Å². The fraction of sp³-hybridized carbons (Fsp3) is 0.667. The first-order chi connectivity index (χ1) is 14.3. The molecule has 0 bridgehead atoms. The average molecular weight is 435 g/mol. The molecule has 0 heterocycles. The van der Waals surface area contributed by atoms with Crippen LogP contribution in [-0.2, 0) is 14.3 Å². The molecular weight excluding hydrogens is 400 g/mol. The maximum absolute atomic E-state index is 12.9. The Kier molecular flexibility index (Phi) is 5.89. The Morgan fingerprint density at radius 2 is 1.87 bits per heavy atom. The Hall–Kier alpha value is -1.80. The van der Waals surface area contributed by atoms with Crippen LogP contribution in [0.3, 0.4) is 0 Å². The maximum Gasteiger partial charge on any atom is 0.334 e. The number of ketones is 1. The quantitative estimate of drug-likeness (QED) is 0.301. The van der Waals surface area contributed by atoms with Gasteiger partial charge in [-0.25, -0.2) is 4.79 Å². The minimum absolute atomic E-state index is 0.108. The van der Waals surface area contributed by atoms with Crippen LogP contribution in [0.4, 0.5) is 0 Å². The first kappa shape index (κ1) is 23.9. The van der Waals surface area contributed by atoms with Gasteiger partial charge in [0, 0.05) is 35.7 Å². The lowest BCUT2D eigenvalue weighted by Gasteiger charge is -2.59. The second-order valence-electron chi connectivity index (χ2n) is 9.72. The molecule has 0 aliphatic heterocycles. The van der Waals surface area contributed by atoms with Gasteiger partial charge in [0.05, 0.1) is 18.3 Å². The third-order valence-corrected chi connectivity index (χ3v) is 8.13. The van der Waals surface area contributed by atoms with Gasteiger partial charge in [0.15, 0.2) is 5.78 Å². The van der Waals surface area contributed by atoms with Gasteiger partial charge in [-0.1, -0.05) is 32.1 Å². The first-order valence-corrected chi connectivity index (χ1v) is 10.8. The normalized spacial score (nSPS) is 45.3. The molecule has 0 aromatic rings.